The van der Waals surface area contributed by atoms with Crippen LogP contribution in [-0.2, 0) is 6.54 Å². The molecule has 112 valence electrons. The molecular formula is C16H10BrF3N2. The molecule has 0 fully saturated rings. The van der Waals surface area contributed by atoms with Gasteiger partial charge in [0.25, 0.3) is 0 Å². The second kappa shape index (κ2) is 5.96. The van der Waals surface area contributed by atoms with Crippen LogP contribution in [0.15, 0.2) is 53.3 Å². The van der Waals surface area contributed by atoms with Crippen LogP contribution >= 0.6 is 15.9 Å². The lowest BCUT2D eigenvalue weighted by molar-refractivity contribution is 0.509. The number of hydrogen-bond donors (Lipinski definition) is 0. The van der Waals surface area contributed by atoms with Crippen LogP contribution in [-0.4, -0.2) is 9.55 Å². The molecule has 6 heteroatoms. The number of imidazole rings is 1. The van der Waals surface area contributed by atoms with Gasteiger partial charge in [-0.15, -0.1) is 0 Å². The highest BCUT2D eigenvalue weighted by Crippen LogP contribution is 2.22. The van der Waals surface area contributed by atoms with Gasteiger partial charge in [0.05, 0.1) is 0 Å². The first kappa shape index (κ1) is 14.8. The molecule has 3 rings (SSSR count). The molecule has 0 saturated carbocycles. The third-order valence-electron chi connectivity index (χ3n) is 3.17. The number of benzene rings is 2. The predicted octanol–water partition coefficient (Wildman–Crippen LogP) is 4.78. The number of halogens is 4. The molecule has 0 aliphatic carbocycles. The van der Waals surface area contributed by atoms with Crippen molar-refractivity contribution in [2.24, 2.45) is 0 Å². The van der Waals surface area contributed by atoms with Crippen molar-refractivity contribution in [3.05, 3.63) is 76.3 Å². The topological polar surface area (TPSA) is 17.8 Å². The van der Waals surface area contributed by atoms with Crippen molar-refractivity contribution in [1.29, 1.82) is 0 Å². The number of rotatable bonds is 3. The molecule has 1 aromatic heterocycles. The van der Waals surface area contributed by atoms with E-state index in [0.717, 1.165) is 17.7 Å². The molecule has 0 bridgehead atoms. The van der Waals surface area contributed by atoms with E-state index in [1.807, 2.05) is 0 Å². The van der Waals surface area contributed by atoms with Crippen molar-refractivity contribution in [3.8, 4) is 11.4 Å². The van der Waals surface area contributed by atoms with Crippen molar-refractivity contribution in [3.63, 3.8) is 0 Å². The highest BCUT2D eigenvalue weighted by atomic mass is 79.9. The monoisotopic (exact) mass is 366 g/mol. The van der Waals surface area contributed by atoms with Gasteiger partial charge >= 0.3 is 0 Å². The molecule has 0 amide bonds. The summed E-state index contributed by atoms with van der Waals surface area (Å²) in [5.41, 5.74) is 1.19. The molecule has 0 N–H and O–H groups in total. The van der Waals surface area contributed by atoms with Crippen LogP contribution in [0.25, 0.3) is 11.4 Å². The molecule has 0 unspecified atom stereocenters. The fraction of sp³-hybridized carbons (Fsp3) is 0.0625. The maximum absolute atomic E-state index is 13.4. The summed E-state index contributed by atoms with van der Waals surface area (Å²) in [5.74, 6) is -1.70. The molecule has 2 nitrogen and oxygen atoms in total. The highest BCUT2D eigenvalue weighted by Gasteiger charge is 2.10. The van der Waals surface area contributed by atoms with E-state index in [0.29, 0.717) is 22.4 Å². The van der Waals surface area contributed by atoms with E-state index < -0.39 is 11.6 Å². The van der Waals surface area contributed by atoms with Gasteiger partial charge in [-0.25, -0.2) is 18.2 Å². The van der Waals surface area contributed by atoms with Crippen LogP contribution in [0, 0.1) is 17.5 Å². The molecular weight excluding hydrogens is 357 g/mol. The Morgan fingerprint density at radius 1 is 1.00 bits per heavy atom. The third-order valence-corrected chi connectivity index (χ3v) is 3.63. The Morgan fingerprint density at radius 2 is 1.82 bits per heavy atom. The van der Waals surface area contributed by atoms with Crippen molar-refractivity contribution in [2.75, 3.05) is 0 Å². The Bertz CT molecular complexity index is 810. The number of aromatic nitrogens is 2. The molecule has 3 aromatic rings. The van der Waals surface area contributed by atoms with Gasteiger partial charge in [-0.05, 0) is 42.0 Å². The van der Waals surface area contributed by atoms with Crippen LogP contribution < -0.4 is 0 Å². The van der Waals surface area contributed by atoms with Gasteiger partial charge in [-0.3, -0.25) is 0 Å². The molecule has 0 atom stereocenters. The smallest absolute Gasteiger partial charge is 0.159 e. The van der Waals surface area contributed by atoms with Crippen LogP contribution in [0.1, 0.15) is 5.56 Å². The Balaban J connectivity index is 1.96. The minimum atomic E-state index is -0.930. The van der Waals surface area contributed by atoms with Crippen molar-refractivity contribution in [2.45, 2.75) is 6.54 Å². The summed E-state index contributed by atoms with van der Waals surface area (Å²) in [7, 11) is 0. The molecule has 0 radical (unpaired) electrons. The summed E-state index contributed by atoms with van der Waals surface area (Å²) in [6.07, 6.45) is 3.26. The quantitative estimate of drug-likeness (QED) is 0.652. The zero-order valence-corrected chi connectivity index (χ0v) is 12.8. The van der Waals surface area contributed by atoms with E-state index in [1.165, 1.54) is 18.2 Å². The van der Waals surface area contributed by atoms with Gasteiger partial charge in [0.2, 0.25) is 0 Å². The van der Waals surface area contributed by atoms with Crippen LogP contribution in [0.4, 0.5) is 13.2 Å². The zero-order chi connectivity index (χ0) is 15.7. The van der Waals surface area contributed by atoms with Gasteiger partial charge in [0.1, 0.15) is 11.6 Å². The maximum Gasteiger partial charge on any atom is 0.159 e. The SMILES string of the molecule is Fc1cc(Br)cc(Cn2ccnc2-c2ccc(F)c(F)c2)c1. The fourth-order valence-electron chi connectivity index (χ4n) is 2.23. The van der Waals surface area contributed by atoms with Gasteiger partial charge in [0, 0.05) is 29.0 Å². The normalized spacial score (nSPS) is 10.9. The van der Waals surface area contributed by atoms with Crippen molar-refractivity contribution >= 4 is 15.9 Å². The lowest BCUT2D eigenvalue weighted by Gasteiger charge is -2.09. The predicted molar refractivity (Wildman–Crippen MR) is 80.8 cm³/mol. The zero-order valence-electron chi connectivity index (χ0n) is 11.2. The lowest BCUT2D eigenvalue weighted by Crippen LogP contribution is -2.02. The van der Waals surface area contributed by atoms with Gasteiger partial charge < -0.3 is 4.57 Å². The van der Waals surface area contributed by atoms with E-state index in [4.69, 9.17) is 0 Å². The minimum absolute atomic E-state index is 0.348. The Labute approximate surface area is 133 Å². The minimum Gasteiger partial charge on any atom is -0.327 e. The van der Waals surface area contributed by atoms with E-state index >= 15 is 0 Å². The summed E-state index contributed by atoms with van der Waals surface area (Å²) >= 11 is 3.24. The van der Waals surface area contributed by atoms with Crippen molar-refractivity contribution < 1.29 is 13.2 Å². The molecule has 22 heavy (non-hydrogen) atoms. The Hall–Kier alpha value is -2.08. The summed E-state index contributed by atoms with van der Waals surface area (Å²) in [4.78, 5) is 4.17. The van der Waals surface area contributed by atoms with E-state index in [9.17, 15) is 13.2 Å². The van der Waals surface area contributed by atoms with Gasteiger partial charge in [0.15, 0.2) is 11.6 Å². The first-order chi connectivity index (χ1) is 10.5. The first-order valence-corrected chi connectivity index (χ1v) is 7.24. The van der Waals surface area contributed by atoms with Gasteiger partial charge in [-0.1, -0.05) is 15.9 Å². The number of hydrogen-bond acceptors (Lipinski definition) is 1. The molecule has 0 aliphatic heterocycles. The van der Waals surface area contributed by atoms with E-state index in [2.05, 4.69) is 20.9 Å². The standard InChI is InChI=1S/C16H10BrF3N2/c17-12-5-10(6-13(18)8-12)9-22-4-3-21-16(22)11-1-2-14(19)15(20)7-11/h1-8H,9H2. The third kappa shape index (κ3) is 3.06. The second-order valence-corrected chi connectivity index (χ2v) is 5.70. The average Bonchev–Trinajstić information content (AvgIpc) is 2.89. The summed E-state index contributed by atoms with van der Waals surface area (Å²) in [5, 5.41) is 0. The fourth-order valence-corrected chi connectivity index (χ4v) is 2.74. The number of nitrogens with zero attached hydrogens (tertiary/aromatic N) is 2. The van der Waals surface area contributed by atoms with E-state index in [1.54, 1.807) is 23.0 Å². The van der Waals surface area contributed by atoms with Gasteiger partial charge in [-0.2, -0.15) is 0 Å². The van der Waals surface area contributed by atoms with Crippen LogP contribution in [0.5, 0.6) is 0 Å². The second-order valence-electron chi connectivity index (χ2n) is 4.79. The van der Waals surface area contributed by atoms with Crippen molar-refractivity contribution in [1.82, 2.24) is 9.55 Å². The van der Waals surface area contributed by atoms with Crippen LogP contribution in [0.3, 0.4) is 0 Å². The summed E-state index contributed by atoms with van der Waals surface area (Å²) in [6.45, 7) is 0.366. The first-order valence-electron chi connectivity index (χ1n) is 6.44. The molecule has 0 aliphatic rings. The average molecular weight is 367 g/mol. The van der Waals surface area contributed by atoms with Crippen LogP contribution in [0.2, 0.25) is 0 Å². The summed E-state index contributed by atoms with van der Waals surface area (Å²) < 4.78 is 42.2. The molecule has 1 heterocycles. The molecule has 2 aromatic carbocycles. The highest BCUT2D eigenvalue weighted by molar-refractivity contribution is 9.10. The van der Waals surface area contributed by atoms with E-state index in [-0.39, 0.29) is 5.82 Å². The lowest BCUT2D eigenvalue weighted by atomic mass is 10.2. The maximum atomic E-state index is 13.4. The largest absolute Gasteiger partial charge is 0.327 e. The summed E-state index contributed by atoms with van der Waals surface area (Å²) in [6, 6.07) is 8.18. The molecule has 0 spiro atoms. The Kier molecular flexibility index (Phi) is 4.02. The Morgan fingerprint density at radius 3 is 2.55 bits per heavy atom. The molecule has 0 saturated heterocycles.